The Morgan fingerprint density at radius 2 is 2.00 bits per heavy atom. The number of benzene rings is 2. The maximum atomic E-state index is 12.3. The van der Waals surface area contributed by atoms with Crippen molar-refractivity contribution in [1.29, 1.82) is 0 Å². The molecular formula is C20H24N4OS. The molecule has 0 bridgehead atoms. The molecule has 6 heteroatoms. The third kappa shape index (κ3) is 4.65. The van der Waals surface area contributed by atoms with E-state index in [0.29, 0.717) is 12.3 Å². The van der Waals surface area contributed by atoms with Crippen LogP contribution in [0.25, 0.3) is 11.0 Å². The Labute approximate surface area is 158 Å². The van der Waals surface area contributed by atoms with E-state index >= 15 is 0 Å². The molecule has 1 atom stereocenters. The van der Waals surface area contributed by atoms with E-state index in [9.17, 15) is 4.79 Å². The average molecular weight is 369 g/mol. The number of amides is 1. The zero-order valence-corrected chi connectivity index (χ0v) is 16.1. The minimum atomic E-state index is 0.00872. The topological polar surface area (TPSA) is 61.0 Å². The highest BCUT2D eigenvalue weighted by Crippen LogP contribution is 2.20. The zero-order valence-electron chi connectivity index (χ0n) is 15.3. The molecule has 0 saturated carbocycles. The van der Waals surface area contributed by atoms with Crippen LogP contribution in [0, 0.1) is 6.92 Å². The predicted octanol–water partition coefficient (Wildman–Crippen LogP) is 3.38. The number of aromatic amines is 1. The second-order valence-corrected chi connectivity index (χ2v) is 7.51. The lowest BCUT2D eigenvalue weighted by Crippen LogP contribution is -2.35. The van der Waals surface area contributed by atoms with Gasteiger partial charge in [-0.25, -0.2) is 4.98 Å². The van der Waals surface area contributed by atoms with Crippen LogP contribution in [0.4, 0.5) is 0 Å². The molecule has 136 valence electrons. The number of aryl methyl sites for hydroxylation is 1. The quantitative estimate of drug-likeness (QED) is 0.628. The Kier molecular flexibility index (Phi) is 5.96. The number of carbonyl (C=O) groups excluding carboxylic acids is 1. The summed E-state index contributed by atoms with van der Waals surface area (Å²) >= 11 is 1.42. The maximum absolute atomic E-state index is 12.3. The van der Waals surface area contributed by atoms with Gasteiger partial charge in [-0.1, -0.05) is 48.2 Å². The van der Waals surface area contributed by atoms with Gasteiger partial charge >= 0.3 is 0 Å². The first-order valence-electron chi connectivity index (χ1n) is 8.60. The molecular weight excluding hydrogens is 344 g/mol. The van der Waals surface area contributed by atoms with E-state index in [0.717, 1.165) is 16.2 Å². The molecule has 1 amide bonds. The molecule has 0 radical (unpaired) electrons. The fourth-order valence-corrected chi connectivity index (χ4v) is 3.55. The molecule has 0 aliphatic rings. The van der Waals surface area contributed by atoms with Crippen LogP contribution >= 0.6 is 11.8 Å². The summed E-state index contributed by atoms with van der Waals surface area (Å²) in [5.41, 5.74) is 4.31. The van der Waals surface area contributed by atoms with Crippen molar-refractivity contribution in [2.75, 3.05) is 26.4 Å². The van der Waals surface area contributed by atoms with Crippen LogP contribution in [0.1, 0.15) is 17.2 Å². The smallest absolute Gasteiger partial charge is 0.230 e. The fourth-order valence-electron chi connectivity index (χ4n) is 2.84. The Balaban J connectivity index is 1.54. The first-order valence-corrected chi connectivity index (χ1v) is 9.59. The van der Waals surface area contributed by atoms with E-state index in [4.69, 9.17) is 0 Å². The summed E-state index contributed by atoms with van der Waals surface area (Å²) in [6.45, 7) is 2.63. The van der Waals surface area contributed by atoms with Crippen molar-refractivity contribution in [2.45, 2.75) is 18.1 Å². The van der Waals surface area contributed by atoms with Crippen molar-refractivity contribution in [2.24, 2.45) is 0 Å². The van der Waals surface area contributed by atoms with Gasteiger partial charge in [0.2, 0.25) is 5.91 Å². The lowest BCUT2D eigenvalue weighted by molar-refractivity contribution is -0.118. The normalized spacial score (nSPS) is 12.5. The number of aromatic nitrogens is 2. The molecule has 0 spiro atoms. The minimum absolute atomic E-state index is 0.00872. The molecule has 0 aliphatic heterocycles. The number of thioether (sulfide) groups is 1. The first-order chi connectivity index (χ1) is 12.5. The number of likely N-dealkylation sites (N-methyl/N-ethyl adjacent to an activating group) is 1. The second-order valence-electron chi connectivity index (χ2n) is 6.55. The van der Waals surface area contributed by atoms with Crippen molar-refractivity contribution < 1.29 is 4.79 Å². The van der Waals surface area contributed by atoms with E-state index in [2.05, 4.69) is 45.3 Å². The third-order valence-electron chi connectivity index (χ3n) is 4.26. The molecule has 2 aromatic carbocycles. The first kappa shape index (κ1) is 18.5. The van der Waals surface area contributed by atoms with Crippen LogP contribution in [0.2, 0.25) is 0 Å². The molecule has 1 heterocycles. The summed E-state index contributed by atoms with van der Waals surface area (Å²) in [4.78, 5) is 22.1. The van der Waals surface area contributed by atoms with Gasteiger partial charge in [-0.3, -0.25) is 4.79 Å². The van der Waals surface area contributed by atoms with Gasteiger partial charge < -0.3 is 15.2 Å². The van der Waals surface area contributed by atoms with Gasteiger partial charge in [0.15, 0.2) is 5.16 Å². The van der Waals surface area contributed by atoms with Gasteiger partial charge in [0.05, 0.1) is 22.8 Å². The Morgan fingerprint density at radius 1 is 1.23 bits per heavy atom. The minimum Gasteiger partial charge on any atom is -0.353 e. The van der Waals surface area contributed by atoms with Crippen LogP contribution < -0.4 is 5.32 Å². The van der Waals surface area contributed by atoms with Crippen LogP contribution in [0.15, 0.2) is 53.7 Å². The molecule has 3 rings (SSSR count). The summed E-state index contributed by atoms with van der Waals surface area (Å²) in [7, 11) is 4.05. The summed E-state index contributed by atoms with van der Waals surface area (Å²) in [5, 5.41) is 3.80. The lowest BCUT2D eigenvalue weighted by atomic mass is 10.1. The lowest BCUT2D eigenvalue weighted by Gasteiger charge is -2.25. The highest BCUT2D eigenvalue weighted by molar-refractivity contribution is 7.99. The second kappa shape index (κ2) is 8.38. The van der Waals surface area contributed by atoms with Crippen molar-refractivity contribution in [3.05, 3.63) is 59.7 Å². The van der Waals surface area contributed by atoms with E-state index in [1.807, 2.05) is 44.4 Å². The highest BCUT2D eigenvalue weighted by atomic mass is 32.2. The molecule has 0 aliphatic carbocycles. The van der Waals surface area contributed by atoms with Gasteiger partial charge in [0.25, 0.3) is 0 Å². The molecule has 3 aromatic rings. The number of H-pyrrole nitrogens is 1. The number of rotatable bonds is 7. The van der Waals surface area contributed by atoms with Gasteiger partial charge in [-0.2, -0.15) is 0 Å². The Hall–Kier alpha value is -2.31. The molecule has 26 heavy (non-hydrogen) atoms. The molecule has 0 unspecified atom stereocenters. The van der Waals surface area contributed by atoms with Gasteiger partial charge in [0.1, 0.15) is 0 Å². The van der Waals surface area contributed by atoms with Crippen LogP contribution in [-0.2, 0) is 4.79 Å². The number of carbonyl (C=O) groups is 1. The third-order valence-corrected chi connectivity index (χ3v) is 5.13. The fraction of sp³-hybridized carbons (Fsp3) is 0.300. The Morgan fingerprint density at radius 3 is 2.73 bits per heavy atom. The van der Waals surface area contributed by atoms with E-state index in [1.54, 1.807) is 0 Å². The predicted molar refractivity (Wildman–Crippen MR) is 107 cm³/mol. The van der Waals surface area contributed by atoms with Gasteiger partial charge in [-0.05, 0) is 44.3 Å². The summed E-state index contributed by atoms with van der Waals surface area (Å²) in [6, 6.07) is 16.5. The number of nitrogens with zero attached hydrogens (tertiary/aromatic N) is 2. The molecule has 0 saturated heterocycles. The van der Waals surface area contributed by atoms with Gasteiger partial charge in [0, 0.05) is 6.54 Å². The van der Waals surface area contributed by atoms with Crippen LogP contribution in [-0.4, -0.2) is 47.2 Å². The molecule has 0 fully saturated rings. The molecule has 1 aromatic heterocycles. The SMILES string of the molecule is Cc1ccc2nc(SCC(=O)NC[C@H](c3ccccc3)N(C)C)[nH]c2c1. The number of hydrogen-bond acceptors (Lipinski definition) is 4. The zero-order chi connectivity index (χ0) is 18.5. The number of hydrogen-bond donors (Lipinski definition) is 2. The van der Waals surface area contributed by atoms with E-state index in [1.165, 1.54) is 22.9 Å². The molecule has 2 N–H and O–H groups in total. The maximum Gasteiger partial charge on any atom is 0.230 e. The number of nitrogens with one attached hydrogen (secondary N) is 2. The van der Waals surface area contributed by atoms with Crippen molar-refractivity contribution >= 4 is 28.7 Å². The van der Waals surface area contributed by atoms with Crippen molar-refractivity contribution in [3.8, 4) is 0 Å². The summed E-state index contributed by atoms with van der Waals surface area (Å²) in [5.74, 6) is 0.350. The monoisotopic (exact) mass is 368 g/mol. The Bertz CT molecular complexity index is 876. The van der Waals surface area contributed by atoms with Crippen molar-refractivity contribution in [3.63, 3.8) is 0 Å². The summed E-state index contributed by atoms with van der Waals surface area (Å²) in [6.07, 6.45) is 0. The van der Waals surface area contributed by atoms with Crippen LogP contribution in [0.5, 0.6) is 0 Å². The van der Waals surface area contributed by atoms with Crippen LogP contribution in [0.3, 0.4) is 0 Å². The van der Waals surface area contributed by atoms with E-state index < -0.39 is 0 Å². The van der Waals surface area contributed by atoms with Gasteiger partial charge in [-0.15, -0.1) is 0 Å². The van der Waals surface area contributed by atoms with Crippen molar-refractivity contribution in [1.82, 2.24) is 20.2 Å². The number of imidazole rings is 1. The number of fused-ring (bicyclic) bond motifs is 1. The standard InChI is InChI=1S/C20H24N4OS/c1-14-9-10-16-17(11-14)23-20(22-16)26-13-19(25)21-12-18(24(2)3)15-7-5-4-6-8-15/h4-11,18H,12-13H2,1-3H3,(H,21,25)(H,22,23)/t18-/m1/s1. The molecule has 5 nitrogen and oxygen atoms in total. The highest BCUT2D eigenvalue weighted by Gasteiger charge is 2.15. The average Bonchev–Trinajstić information content (AvgIpc) is 3.02. The van der Waals surface area contributed by atoms with E-state index in [-0.39, 0.29) is 11.9 Å². The largest absolute Gasteiger partial charge is 0.353 e. The summed E-state index contributed by atoms with van der Waals surface area (Å²) < 4.78 is 0.